The number of ketones is 2. The molecule has 4 nitrogen and oxygen atoms in total. The molecule has 1 saturated carbocycles. The van der Waals surface area contributed by atoms with Crippen molar-refractivity contribution in [2.45, 2.75) is 44.6 Å². The summed E-state index contributed by atoms with van der Waals surface area (Å²) in [6, 6.07) is 7.04. The van der Waals surface area contributed by atoms with Gasteiger partial charge in [-0.25, -0.2) is 0 Å². The van der Waals surface area contributed by atoms with Crippen molar-refractivity contribution in [1.82, 2.24) is 4.90 Å². The Balaban J connectivity index is 0.00000208. The molecule has 1 aromatic carbocycles. The van der Waals surface area contributed by atoms with E-state index >= 15 is 0 Å². The first-order valence-corrected chi connectivity index (χ1v) is 8.67. The number of nitrogens with zero attached hydrogens (tertiary/aromatic N) is 1. The van der Waals surface area contributed by atoms with Crippen molar-refractivity contribution in [3.05, 3.63) is 29.8 Å². The summed E-state index contributed by atoms with van der Waals surface area (Å²) in [5.74, 6) is 0.366. The zero-order valence-electron chi connectivity index (χ0n) is 14.2. The van der Waals surface area contributed by atoms with Crippen molar-refractivity contribution in [3.63, 3.8) is 0 Å². The summed E-state index contributed by atoms with van der Waals surface area (Å²) >= 11 is 0. The molecule has 2 atom stereocenters. The van der Waals surface area contributed by atoms with E-state index in [4.69, 9.17) is 4.74 Å². The van der Waals surface area contributed by atoms with Crippen LogP contribution in [0.4, 0.5) is 0 Å². The van der Waals surface area contributed by atoms with Gasteiger partial charge in [0, 0.05) is 5.56 Å². The molecule has 1 aromatic rings. The maximum absolute atomic E-state index is 12.9. The molecule has 1 aliphatic heterocycles. The van der Waals surface area contributed by atoms with Gasteiger partial charge >= 0.3 is 0 Å². The van der Waals surface area contributed by atoms with E-state index in [1.54, 1.807) is 31.4 Å². The summed E-state index contributed by atoms with van der Waals surface area (Å²) in [6.07, 6.45) is 6.14. The maximum Gasteiger partial charge on any atom is 0.173 e. The Morgan fingerprint density at radius 2 is 1.71 bits per heavy atom. The smallest absolute Gasteiger partial charge is 0.173 e. The lowest BCUT2D eigenvalue weighted by atomic mass is 9.79. The molecule has 0 spiro atoms. The number of likely N-dealkylation sites (tertiary alicyclic amines) is 1. The highest BCUT2D eigenvalue weighted by Gasteiger charge is 2.39. The molecule has 1 heterocycles. The standard InChI is InChI=1S/C19H25NO3.ClH/c1-23-15-10-8-14(9-11-15)18(21)16-6-5-7-17(19(16)22)20-12-3-2-4-13-20;/h8-11,16-17H,2-7,12-13H2,1H3;1H. The van der Waals surface area contributed by atoms with Gasteiger partial charge in [0.15, 0.2) is 11.6 Å². The molecule has 5 heteroatoms. The first-order valence-electron chi connectivity index (χ1n) is 8.67. The van der Waals surface area contributed by atoms with Crippen LogP contribution in [-0.4, -0.2) is 42.7 Å². The van der Waals surface area contributed by atoms with Crippen molar-refractivity contribution in [3.8, 4) is 5.75 Å². The van der Waals surface area contributed by atoms with Gasteiger partial charge in [-0.3, -0.25) is 14.5 Å². The van der Waals surface area contributed by atoms with Gasteiger partial charge < -0.3 is 4.74 Å². The summed E-state index contributed by atoms with van der Waals surface area (Å²) in [5.41, 5.74) is 0.614. The summed E-state index contributed by atoms with van der Waals surface area (Å²) in [6.45, 7) is 2.00. The zero-order chi connectivity index (χ0) is 16.2. The zero-order valence-corrected chi connectivity index (χ0v) is 15.0. The predicted molar refractivity (Wildman–Crippen MR) is 96.1 cm³/mol. The second kappa shape index (κ2) is 8.63. The fourth-order valence-corrected chi connectivity index (χ4v) is 3.84. The van der Waals surface area contributed by atoms with Crippen LogP contribution in [0.2, 0.25) is 0 Å². The Labute approximate surface area is 150 Å². The van der Waals surface area contributed by atoms with Crippen LogP contribution in [-0.2, 0) is 4.79 Å². The van der Waals surface area contributed by atoms with Crippen LogP contribution in [0.25, 0.3) is 0 Å². The van der Waals surface area contributed by atoms with Gasteiger partial charge in [0.1, 0.15) is 5.75 Å². The Morgan fingerprint density at radius 1 is 1.04 bits per heavy atom. The molecule has 1 aliphatic carbocycles. The van der Waals surface area contributed by atoms with Crippen LogP contribution in [0.3, 0.4) is 0 Å². The molecule has 0 aromatic heterocycles. The topological polar surface area (TPSA) is 46.6 Å². The Kier molecular flexibility index (Phi) is 6.81. The van der Waals surface area contributed by atoms with Crippen LogP contribution in [0, 0.1) is 5.92 Å². The van der Waals surface area contributed by atoms with E-state index in [2.05, 4.69) is 4.90 Å². The van der Waals surface area contributed by atoms with Crippen molar-refractivity contribution in [2.24, 2.45) is 5.92 Å². The second-order valence-electron chi connectivity index (χ2n) is 6.59. The van der Waals surface area contributed by atoms with Crippen molar-refractivity contribution >= 4 is 24.0 Å². The van der Waals surface area contributed by atoms with Crippen molar-refractivity contribution in [1.29, 1.82) is 0 Å². The summed E-state index contributed by atoms with van der Waals surface area (Å²) < 4.78 is 5.13. The molecule has 0 amide bonds. The highest BCUT2D eigenvalue weighted by atomic mass is 35.5. The van der Waals surface area contributed by atoms with Crippen LogP contribution in [0.1, 0.15) is 48.9 Å². The molecular weight excluding hydrogens is 326 g/mol. The van der Waals surface area contributed by atoms with E-state index in [9.17, 15) is 9.59 Å². The number of hydrogen-bond acceptors (Lipinski definition) is 4. The Morgan fingerprint density at radius 3 is 2.33 bits per heavy atom. The fourth-order valence-electron chi connectivity index (χ4n) is 3.84. The van der Waals surface area contributed by atoms with Gasteiger partial charge in [0.25, 0.3) is 0 Å². The highest BCUT2D eigenvalue weighted by Crippen LogP contribution is 2.29. The third-order valence-electron chi connectivity index (χ3n) is 5.16. The normalized spacial score (nSPS) is 25.0. The minimum absolute atomic E-state index is 0. The van der Waals surface area contributed by atoms with Crippen molar-refractivity contribution < 1.29 is 14.3 Å². The molecule has 3 rings (SSSR count). The number of benzene rings is 1. The average Bonchev–Trinajstić information content (AvgIpc) is 2.62. The van der Waals surface area contributed by atoms with E-state index in [0.29, 0.717) is 12.0 Å². The second-order valence-corrected chi connectivity index (χ2v) is 6.59. The summed E-state index contributed by atoms with van der Waals surface area (Å²) in [7, 11) is 1.60. The minimum atomic E-state index is -0.468. The first-order chi connectivity index (χ1) is 11.2. The first kappa shape index (κ1) is 18.9. The number of carbonyl (C=O) groups excluding carboxylic acids is 2. The summed E-state index contributed by atoms with van der Waals surface area (Å²) in [5, 5.41) is 0. The van der Waals surface area contributed by atoms with E-state index in [1.165, 1.54) is 19.3 Å². The third kappa shape index (κ3) is 3.98. The van der Waals surface area contributed by atoms with Crippen LogP contribution < -0.4 is 4.74 Å². The van der Waals surface area contributed by atoms with Crippen molar-refractivity contribution in [2.75, 3.05) is 20.2 Å². The predicted octanol–water partition coefficient (Wildman–Crippen LogP) is 3.52. The van der Waals surface area contributed by atoms with Crippen LogP contribution in [0.5, 0.6) is 5.75 Å². The van der Waals surface area contributed by atoms with Gasteiger partial charge in [-0.1, -0.05) is 12.8 Å². The number of halogens is 1. The van der Waals surface area contributed by atoms with Gasteiger partial charge in [-0.2, -0.15) is 0 Å². The monoisotopic (exact) mass is 351 g/mol. The van der Waals surface area contributed by atoms with Gasteiger partial charge in [-0.05, 0) is 63.0 Å². The number of ether oxygens (including phenoxy) is 1. The number of methoxy groups -OCH3 is 1. The molecular formula is C19H26ClNO3. The Bertz CT molecular complexity index is 566. The van der Waals surface area contributed by atoms with E-state index in [-0.39, 0.29) is 30.0 Å². The Hall–Kier alpha value is -1.39. The van der Waals surface area contributed by atoms with Gasteiger partial charge in [0.2, 0.25) is 0 Å². The van der Waals surface area contributed by atoms with E-state index in [0.717, 1.165) is 31.7 Å². The highest BCUT2D eigenvalue weighted by molar-refractivity contribution is 6.12. The van der Waals surface area contributed by atoms with Gasteiger partial charge in [-0.15, -0.1) is 12.4 Å². The van der Waals surface area contributed by atoms with Crippen LogP contribution >= 0.6 is 12.4 Å². The molecule has 1 saturated heterocycles. The maximum atomic E-state index is 12.9. The fraction of sp³-hybridized carbons (Fsp3) is 0.579. The molecule has 24 heavy (non-hydrogen) atoms. The minimum Gasteiger partial charge on any atom is -0.497 e. The summed E-state index contributed by atoms with van der Waals surface area (Å²) in [4.78, 5) is 27.9. The lowest BCUT2D eigenvalue weighted by Crippen LogP contribution is -2.49. The van der Waals surface area contributed by atoms with Gasteiger partial charge in [0.05, 0.1) is 19.1 Å². The van der Waals surface area contributed by atoms with E-state index in [1.807, 2.05) is 0 Å². The molecule has 0 radical (unpaired) electrons. The SMILES string of the molecule is COc1ccc(C(=O)C2CCCC(N3CCCCC3)C2=O)cc1.Cl. The average molecular weight is 352 g/mol. The third-order valence-corrected chi connectivity index (χ3v) is 5.16. The molecule has 132 valence electrons. The molecule has 0 N–H and O–H groups in total. The molecule has 2 unspecified atom stereocenters. The molecule has 0 bridgehead atoms. The number of hydrogen-bond donors (Lipinski definition) is 0. The molecule has 2 aliphatic rings. The van der Waals surface area contributed by atoms with Crippen LogP contribution in [0.15, 0.2) is 24.3 Å². The number of carbonyl (C=O) groups is 2. The van der Waals surface area contributed by atoms with E-state index < -0.39 is 5.92 Å². The molecule has 2 fully saturated rings. The number of Topliss-reactive ketones (excluding diaryl/α,β-unsaturated/α-hetero) is 2. The number of rotatable bonds is 4. The lowest BCUT2D eigenvalue weighted by molar-refractivity contribution is -0.129. The lowest BCUT2D eigenvalue weighted by Gasteiger charge is -2.37. The quantitative estimate of drug-likeness (QED) is 0.615. The largest absolute Gasteiger partial charge is 0.497 e. The number of piperidine rings is 1.